The van der Waals surface area contributed by atoms with Crippen molar-refractivity contribution < 1.29 is 18.5 Å². The summed E-state index contributed by atoms with van der Waals surface area (Å²) in [6, 6.07) is 0. The molecule has 0 aliphatic rings. The van der Waals surface area contributed by atoms with Crippen LogP contribution in [0.3, 0.4) is 0 Å². The first-order valence-electron chi connectivity index (χ1n) is 0.716. The molecule has 0 heterocycles. The molecule has 4 heteroatoms. The van der Waals surface area contributed by atoms with Gasteiger partial charge in [0, 0.05) is 0 Å². The molecule has 0 fully saturated rings. The standard InChI is InChI=1S/N3.Zn/c1-3-2;/q-1;+1. The monoisotopic (exact) mass is 106 g/mol. The van der Waals surface area contributed by atoms with E-state index in [1.807, 2.05) is 0 Å². The predicted octanol–water partition coefficient (Wildman–Crippen LogP) is 0.759. The van der Waals surface area contributed by atoms with Gasteiger partial charge in [-0.1, -0.05) is 0 Å². The van der Waals surface area contributed by atoms with Crippen molar-refractivity contribution in [3.05, 3.63) is 10.4 Å². The van der Waals surface area contributed by atoms with E-state index >= 15 is 0 Å². The van der Waals surface area contributed by atoms with Crippen LogP contribution in [0.5, 0.6) is 0 Å². The Kier molecular flexibility index (Phi) is 2.88. The van der Waals surface area contributed by atoms with Gasteiger partial charge in [-0.15, -0.1) is 0 Å². The molecule has 0 bridgehead atoms. The zero-order valence-corrected chi connectivity index (χ0v) is 5.02. The summed E-state index contributed by atoms with van der Waals surface area (Å²) in [5, 5.41) is 0. The minimum atomic E-state index is 0.677. The zero-order valence-electron chi connectivity index (χ0n) is 2.05. The van der Waals surface area contributed by atoms with E-state index in [1.54, 1.807) is 0 Å². The molecule has 0 atom stereocenters. The summed E-state index contributed by atoms with van der Waals surface area (Å²) in [5.74, 6) is 0. The molecule has 0 radical (unpaired) electrons. The summed E-state index contributed by atoms with van der Waals surface area (Å²) in [7, 11) is 0. The van der Waals surface area contributed by atoms with E-state index in [2.05, 4.69) is 8.77 Å². The molecule has 0 aliphatic heterocycles. The summed E-state index contributed by atoms with van der Waals surface area (Å²) in [5.41, 5.74) is 7.36. The fourth-order valence-corrected chi connectivity index (χ4v) is 0. The van der Waals surface area contributed by atoms with Crippen LogP contribution in [0.4, 0.5) is 0 Å². The van der Waals surface area contributed by atoms with Crippen molar-refractivity contribution in [1.29, 1.82) is 0 Å². The van der Waals surface area contributed by atoms with E-state index in [9.17, 15) is 0 Å². The molecule has 0 aliphatic carbocycles. The van der Waals surface area contributed by atoms with Crippen molar-refractivity contribution in [2.24, 2.45) is 3.86 Å². The Morgan fingerprint density at radius 3 is 2.25 bits per heavy atom. The average Bonchev–Trinajstić information content (AvgIpc) is 1.37. The first kappa shape index (κ1) is 3.93. The van der Waals surface area contributed by atoms with Gasteiger partial charge in [-0.3, -0.25) is 0 Å². The number of hydrogen-bond donors (Lipinski definition) is 0. The van der Waals surface area contributed by atoms with Crippen LogP contribution in [0.1, 0.15) is 0 Å². The van der Waals surface area contributed by atoms with Crippen LogP contribution in [-0.2, 0) is 18.5 Å². The van der Waals surface area contributed by atoms with Gasteiger partial charge in [-0.25, -0.2) is 0 Å². The Hall–Kier alpha value is -0.0666. The van der Waals surface area contributed by atoms with Gasteiger partial charge in [0.2, 0.25) is 0 Å². The maximum atomic E-state index is 7.36. The molecule has 0 unspecified atom stereocenters. The molecular formula is N3Zn. The third kappa shape index (κ3) is 1.93. The number of nitrogens with zero attached hydrogens (tertiary/aromatic N) is 3. The van der Waals surface area contributed by atoms with Crippen molar-refractivity contribution in [3.8, 4) is 0 Å². The van der Waals surface area contributed by atoms with Crippen molar-refractivity contribution in [1.82, 2.24) is 0 Å². The van der Waals surface area contributed by atoms with E-state index in [1.165, 1.54) is 0 Å². The Labute approximate surface area is 33.6 Å². The van der Waals surface area contributed by atoms with Crippen LogP contribution in [-0.4, -0.2) is 0 Å². The molecule has 0 aromatic carbocycles. The molecule has 0 amide bonds. The van der Waals surface area contributed by atoms with Crippen molar-refractivity contribution in [2.75, 3.05) is 0 Å². The molecule has 0 rings (SSSR count). The zero-order chi connectivity index (χ0) is 3.41. The maximum absolute atomic E-state index is 7.36. The molecule has 0 aromatic heterocycles. The first-order chi connectivity index (χ1) is 1.91. The fourth-order valence-electron chi connectivity index (χ4n) is 0. The van der Waals surface area contributed by atoms with Crippen LogP contribution < -0.4 is 0 Å². The van der Waals surface area contributed by atoms with Gasteiger partial charge in [0.15, 0.2) is 0 Å². The Morgan fingerprint density at radius 1 is 2.00 bits per heavy atom. The Balaban J connectivity index is 3.11. The quantitative estimate of drug-likeness (QED) is 0.190. The molecular weight excluding hydrogens is 107 g/mol. The SMILES string of the molecule is [N-]=[N+]=[N][Zn]. The third-order valence-electron chi connectivity index (χ3n) is 0.0632. The van der Waals surface area contributed by atoms with E-state index in [0.29, 0.717) is 18.5 Å². The molecule has 17 valence electrons. The second kappa shape index (κ2) is 2.93. The Bertz CT molecular complexity index is 41.2. The van der Waals surface area contributed by atoms with Gasteiger partial charge in [-0.2, -0.15) is 0 Å². The van der Waals surface area contributed by atoms with Crippen molar-refractivity contribution >= 4 is 0 Å². The molecule has 0 spiro atoms. The Morgan fingerprint density at radius 2 is 2.25 bits per heavy atom. The van der Waals surface area contributed by atoms with Gasteiger partial charge in [0.1, 0.15) is 0 Å². The van der Waals surface area contributed by atoms with E-state index in [-0.39, 0.29) is 0 Å². The van der Waals surface area contributed by atoms with Crippen LogP contribution in [0.2, 0.25) is 0 Å². The number of rotatable bonds is 0. The van der Waals surface area contributed by atoms with Crippen LogP contribution in [0.25, 0.3) is 10.4 Å². The number of hydrogen-bond acceptors (Lipinski definition) is 1. The van der Waals surface area contributed by atoms with Gasteiger partial charge in [0.25, 0.3) is 0 Å². The van der Waals surface area contributed by atoms with E-state index < -0.39 is 0 Å². The summed E-state index contributed by atoms with van der Waals surface area (Å²) in [6.07, 6.45) is 0. The first-order valence-corrected chi connectivity index (χ1v) is 2.04. The van der Waals surface area contributed by atoms with E-state index in [4.69, 9.17) is 5.53 Å². The molecule has 4 heavy (non-hydrogen) atoms. The fraction of sp³-hybridized carbons (Fsp3) is 0. The molecule has 0 saturated carbocycles. The summed E-state index contributed by atoms with van der Waals surface area (Å²) >= 11 is 0.677. The van der Waals surface area contributed by atoms with Crippen LogP contribution in [0, 0.1) is 0 Å². The molecule has 0 N–H and O–H groups in total. The van der Waals surface area contributed by atoms with E-state index in [0.717, 1.165) is 0 Å². The molecule has 0 saturated heterocycles. The average molecular weight is 107 g/mol. The summed E-state index contributed by atoms with van der Waals surface area (Å²) < 4.78 is 3.04. The van der Waals surface area contributed by atoms with Crippen molar-refractivity contribution in [2.45, 2.75) is 0 Å². The van der Waals surface area contributed by atoms with Gasteiger partial charge >= 0.3 is 32.8 Å². The summed E-state index contributed by atoms with van der Waals surface area (Å²) in [4.78, 5) is 2.42. The van der Waals surface area contributed by atoms with Gasteiger partial charge in [0.05, 0.1) is 0 Å². The van der Waals surface area contributed by atoms with Crippen molar-refractivity contribution in [3.63, 3.8) is 0 Å². The minimum absolute atomic E-state index is 0.677. The second-order valence-corrected chi connectivity index (χ2v) is 0.824. The predicted molar refractivity (Wildman–Crippen MR) is 9.15 cm³/mol. The van der Waals surface area contributed by atoms with Crippen LogP contribution >= 0.6 is 0 Å². The second-order valence-electron chi connectivity index (χ2n) is 0.231. The normalized spacial score (nSPS) is 4.50. The third-order valence-corrected chi connectivity index (χ3v) is 0.329. The van der Waals surface area contributed by atoms with Gasteiger partial charge in [-0.05, 0) is 0 Å². The topological polar surface area (TPSA) is 48.8 Å². The number of azide groups is 1. The molecule has 3 nitrogen and oxygen atoms in total. The molecule has 0 aromatic rings. The van der Waals surface area contributed by atoms with Crippen LogP contribution in [0.15, 0.2) is 3.86 Å². The summed E-state index contributed by atoms with van der Waals surface area (Å²) in [6.45, 7) is 0. The van der Waals surface area contributed by atoms with Gasteiger partial charge < -0.3 is 0 Å².